The molecule has 0 atom stereocenters. The van der Waals surface area contributed by atoms with E-state index in [9.17, 15) is 14.9 Å². The molecule has 0 aliphatic carbocycles. The van der Waals surface area contributed by atoms with E-state index in [1.54, 1.807) is 11.5 Å². The highest BCUT2D eigenvalue weighted by Gasteiger charge is 2.17. The van der Waals surface area contributed by atoms with Crippen molar-refractivity contribution in [3.63, 3.8) is 0 Å². The quantitative estimate of drug-likeness (QED) is 0.633. The Balaban J connectivity index is 1.58. The first-order valence-electron chi connectivity index (χ1n) is 8.77. The average Bonchev–Trinajstić information content (AvgIpc) is 3.23. The van der Waals surface area contributed by atoms with Crippen LogP contribution in [-0.2, 0) is 11.3 Å². The summed E-state index contributed by atoms with van der Waals surface area (Å²) in [5.74, 6) is 0.195. The number of aryl methyl sites for hydroxylation is 3. The molecule has 1 saturated heterocycles. The molecule has 1 N–H and O–H groups in total. The van der Waals surface area contributed by atoms with Gasteiger partial charge in [0.2, 0.25) is 11.7 Å². The zero-order valence-electron chi connectivity index (χ0n) is 15.1. The van der Waals surface area contributed by atoms with Gasteiger partial charge in [-0.3, -0.25) is 4.79 Å². The fourth-order valence-corrected chi connectivity index (χ4v) is 3.30. The summed E-state index contributed by atoms with van der Waals surface area (Å²) >= 11 is 0. The molecule has 1 amide bonds. The van der Waals surface area contributed by atoms with Crippen molar-refractivity contribution in [1.29, 1.82) is 0 Å². The van der Waals surface area contributed by atoms with Crippen molar-refractivity contribution in [2.75, 3.05) is 23.3 Å². The minimum absolute atomic E-state index is 0.130. The topological polar surface area (TPSA) is 93.3 Å². The predicted octanol–water partition coefficient (Wildman–Crippen LogP) is 3.04. The molecule has 2 heterocycles. The molecule has 1 aromatic heterocycles. The van der Waals surface area contributed by atoms with Crippen molar-refractivity contribution >= 4 is 23.1 Å². The molecule has 8 nitrogen and oxygen atoms in total. The standard InChI is InChI=1S/C18H23N5O3/c1-13-11-15(5-6-16(13)21-8-3-4-9-21)20-18(24)7-10-22-12-17(23(25)26)19-14(22)2/h5-6,11-12H,3-4,7-10H2,1-2H3,(H,20,24). The average molecular weight is 357 g/mol. The summed E-state index contributed by atoms with van der Waals surface area (Å²) in [7, 11) is 0. The Hall–Kier alpha value is -2.90. The smallest absolute Gasteiger partial charge is 0.371 e. The van der Waals surface area contributed by atoms with Crippen molar-refractivity contribution < 1.29 is 9.72 Å². The molecule has 1 aliphatic heterocycles. The molecule has 3 rings (SSSR count). The van der Waals surface area contributed by atoms with E-state index in [0.29, 0.717) is 12.4 Å². The molecule has 8 heteroatoms. The first-order chi connectivity index (χ1) is 12.4. The van der Waals surface area contributed by atoms with E-state index < -0.39 is 4.92 Å². The number of nitrogens with zero attached hydrogens (tertiary/aromatic N) is 4. The van der Waals surface area contributed by atoms with Crippen molar-refractivity contribution in [3.05, 3.63) is 45.9 Å². The molecule has 0 bridgehead atoms. The molecular weight excluding hydrogens is 334 g/mol. The van der Waals surface area contributed by atoms with Crippen molar-refractivity contribution in [3.8, 4) is 0 Å². The number of hydrogen-bond donors (Lipinski definition) is 1. The highest BCUT2D eigenvalue weighted by atomic mass is 16.6. The fraction of sp³-hybridized carbons (Fsp3) is 0.444. The summed E-state index contributed by atoms with van der Waals surface area (Å²) in [6.45, 7) is 6.26. The normalized spacial score (nSPS) is 13.8. The van der Waals surface area contributed by atoms with Crippen LogP contribution in [0.1, 0.15) is 30.7 Å². The summed E-state index contributed by atoms with van der Waals surface area (Å²) in [6, 6.07) is 5.96. The van der Waals surface area contributed by atoms with E-state index >= 15 is 0 Å². The number of nitro groups is 1. The number of carbonyl (C=O) groups is 1. The molecule has 1 aromatic carbocycles. The van der Waals surface area contributed by atoms with E-state index in [-0.39, 0.29) is 18.1 Å². The monoisotopic (exact) mass is 357 g/mol. The van der Waals surface area contributed by atoms with Gasteiger partial charge in [0, 0.05) is 44.4 Å². The highest BCUT2D eigenvalue weighted by Crippen LogP contribution is 2.26. The zero-order valence-corrected chi connectivity index (χ0v) is 15.1. The Kier molecular flexibility index (Phi) is 5.20. The van der Waals surface area contributed by atoms with Gasteiger partial charge in [0.05, 0.1) is 0 Å². The third-order valence-corrected chi connectivity index (χ3v) is 4.66. The molecule has 0 spiro atoms. The van der Waals surface area contributed by atoms with Crippen molar-refractivity contribution in [1.82, 2.24) is 9.55 Å². The van der Waals surface area contributed by atoms with Crippen LogP contribution in [0.5, 0.6) is 0 Å². The van der Waals surface area contributed by atoms with Crippen LogP contribution in [0.2, 0.25) is 0 Å². The van der Waals surface area contributed by atoms with Gasteiger partial charge in [0.1, 0.15) is 6.20 Å². The maximum Gasteiger partial charge on any atom is 0.381 e. The van der Waals surface area contributed by atoms with Gasteiger partial charge >= 0.3 is 5.82 Å². The Morgan fingerprint density at radius 3 is 2.65 bits per heavy atom. The van der Waals surface area contributed by atoms with Crippen LogP contribution in [0.25, 0.3) is 0 Å². The fourth-order valence-electron chi connectivity index (χ4n) is 3.30. The lowest BCUT2D eigenvalue weighted by Gasteiger charge is -2.20. The lowest BCUT2D eigenvalue weighted by molar-refractivity contribution is -0.389. The lowest BCUT2D eigenvalue weighted by atomic mass is 10.1. The lowest BCUT2D eigenvalue weighted by Crippen LogP contribution is -2.19. The number of amides is 1. The number of anilines is 2. The zero-order chi connectivity index (χ0) is 18.7. The van der Waals surface area contributed by atoms with Crippen LogP contribution in [0.3, 0.4) is 0 Å². The van der Waals surface area contributed by atoms with E-state index in [1.165, 1.54) is 24.7 Å². The van der Waals surface area contributed by atoms with Crippen LogP contribution in [-0.4, -0.2) is 33.5 Å². The van der Waals surface area contributed by atoms with E-state index in [4.69, 9.17) is 0 Å². The predicted molar refractivity (Wildman–Crippen MR) is 99.5 cm³/mol. The van der Waals surface area contributed by atoms with Crippen LogP contribution in [0.4, 0.5) is 17.2 Å². The van der Waals surface area contributed by atoms with Gasteiger partial charge in [-0.2, -0.15) is 0 Å². The number of carbonyl (C=O) groups excluding carboxylic acids is 1. The third kappa shape index (κ3) is 4.01. The maximum atomic E-state index is 12.2. The molecule has 1 aliphatic rings. The first kappa shape index (κ1) is 17.9. The van der Waals surface area contributed by atoms with E-state index in [0.717, 1.165) is 24.3 Å². The second kappa shape index (κ2) is 7.55. The van der Waals surface area contributed by atoms with Gasteiger partial charge < -0.3 is 24.9 Å². The molecule has 0 radical (unpaired) electrons. The molecule has 1 fully saturated rings. The van der Waals surface area contributed by atoms with Crippen LogP contribution in [0.15, 0.2) is 24.4 Å². The van der Waals surface area contributed by atoms with Crippen molar-refractivity contribution in [2.24, 2.45) is 0 Å². The van der Waals surface area contributed by atoms with E-state index in [1.807, 2.05) is 12.1 Å². The van der Waals surface area contributed by atoms with Gasteiger partial charge in [0.25, 0.3) is 0 Å². The van der Waals surface area contributed by atoms with Crippen molar-refractivity contribution in [2.45, 2.75) is 39.7 Å². The summed E-state index contributed by atoms with van der Waals surface area (Å²) < 4.78 is 1.62. The summed E-state index contributed by atoms with van der Waals surface area (Å²) in [4.78, 5) is 28.6. The summed E-state index contributed by atoms with van der Waals surface area (Å²) in [5.41, 5.74) is 3.14. The number of nitrogens with one attached hydrogen (secondary N) is 1. The number of benzene rings is 1. The maximum absolute atomic E-state index is 12.2. The number of imidazole rings is 1. The van der Waals surface area contributed by atoms with Crippen LogP contribution >= 0.6 is 0 Å². The number of aromatic nitrogens is 2. The third-order valence-electron chi connectivity index (χ3n) is 4.66. The Labute approximate surface area is 152 Å². The first-order valence-corrected chi connectivity index (χ1v) is 8.77. The highest BCUT2D eigenvalue weighted by molar-refractivity contribution is 5.91. The van der Waals surface area contributed by atoms with Gasteiger partial charge in [-0.05, 0) is 53.4 Å². The second-order valence-corrected chi connectivity index (χ2v) is 6.59. The Morgan fingerprint density at radius 2 is 2.04 bits per heavy atom. The number of hydrogen-bond acceptors (Lipinski definition) is 5. The van der Waals surface area contributed by atoms with Gasteiger partial charge in [-0.1, -0.05) is 0 Å². The van der Waals surface area contributed by atoms with Crippen LogP contribution < -0.4 is 10.2 Å². The van der Waals surface area contributed by atoms with Crippen LogP contribution in [0, 0.1) is 24.0 Å². The minimum Gasteiger partial charge on any atom is -0.371 e. The SMILES string of the molecule is Cc1cc(NC(=O)CCn2cc([N+](=O)[O-])nc2C)ccc1N1CCCC1. The minimum atomic E-state index is -0.533. The summed E-state index contributed by atoms with van der Waals surface area (Å²) in [6.07, 6.45) is 4.03. The largest absolute Gasteiger partial charge is 0.381 e. The van der Waals surface area contributed by atoms with Gasteiger partial charge in [-0.15, -0.1) is 0 Å². The molecule has 26 heavy (non-hydrogen) atoms. The second-order valence-electron chi connectivity index (χ2n) is 6.59. The molecule has 2 aromatic rings. The van der Waals surface area contributed by atoms with E-state index in [2.05, 4.69) is 28.2 Å². The van der Waals surface area contributed by atoms with Gasteiger partial charge in [-0.25, -0.2) is 0 Å². The molecule has 138 valence electrons. The summed E-state index contributed by atoms with van der Waals surface area (Å²) in [5, 5.41) is 13.6. The number of rotatable bonds is 6. The molecular formula is C18H23N5O3. The Morgan fingerprint density at radius 1 is 1.31 bits per heavy atom. The van der Waals surface area contributed by atoms with Gasteiger partial charge in [0.15, 0.2) is 0 Å². The molecule has 0 unspecified atom stereocenters. The Bertz CT molecular complexity index is 824. The molecule has 0 saturated carbocycles.